The molecule has 0 amide bonds. The van der Waals surface area contributed by atoms with Crippen LogP contribution in [0.25, 0.3) is 0 Å². The predicted octanol–water partition coefficient (Wildman–Crippen LogP) is 2.07. The van der Waals surface area contributed by atoms with E-state index in [2.05, 4.69) is 29.3 Å². The van der Waals surface area contributed by atoms with E-state index in [4.69, 9.17) is 5.73 Å². The quantitative estimate of drug-likeness (QED) is 0.807. The van der Waals surface area contributed by atoms with Crippen molar-refractivity contribution >= 4 is 5.69 Å². The second-order valence-electron chi connectivity index (χ2n) is 5.06. The van der Waals surface area contributed by atoms with Crippen molar-refractivity contribution in [2.75, 3.05) is 19.3 Å². The van der Waals surface area contributed by atoms with Gasteiger partial charge in [-0.3, -0.25) is 4.68 Å². The third kappa shape index (κ3) is 4.10. The first-order valence-corrected chi connectivity index (χ1v) is 6.64. The van der Waals surface area contributed by atoms with Crippen molar-refractivity contribution in [1.82, 2.24) is 14.7 Å². The molecular weight excluding hydrogens is 236 g/mol. The lowest BCUT2D eigenvalue weighted by Gasteiger charge is -2.15. The van der Waals surface area contributed by atoms with Crippen molar-refractivity contribution in [2.24, 2.45) is 7.05 Å². The smallest absolute Gasteiger partial charge is 0.0534 e. The maximum Gasteiger partial charge on any atom is 0.0534 e. The summed E-state index contributed by atoms with van der Waals surface area (Å²) in [5.74, 6) is 0. The fourth-order valence-electron chi connectivity index (χ4n) is 2.25. The highest BCUT2D eigenvalue weighted by molar-refractivity contribution is 5.46. The van der Waals surface area contributed by atoms with Gasteiger partial charge in [0, 0.05) is 31.0 Å². The standard InChI is InChI=1S/C15H22N4/c1-18(11-13-10-17-19(2)12-13)9-5-7-14-6-3-4-8-15(14)16/h3-4,6,8,10,12H,5,7,9,11,16H2,1-2H3. The van der Waals surface area contributed by atoms with E-state index < -0.39 is 0 Å². The molecule has 2 aromatic rings. The molecule has 0 saturated carbocycles. The summed E-state index contributed by atoms with van der Waals surface area (Å²) in [6, 6.07) is 8.10. The van der Waals surface area contributed by atoms with Crippen molar-refractivity contribution in [3.05, 3.63) is 47.8 Å². The summed E-state index contributed by atoms with van der Waals surface area (Å²) in [7, 11) is 4.09. The number of nitrogens with zero attached hydrogens (tertiary/aromatic N) is 3. The van der Waals surface area contributed by atoms with Gasteiger partial charge in [-0.25, -0.2) is 0 Å². The highest BCUT2D eigenvalue weighted by Gasteiger charge is 2.03. The number of nitrogen functional groups attached to an aromatic ring is 1. The average molecular weight is 258 g/mol. The zero-order valence-electron chi connectivity index (χ0n) is 11.7. The number of aromatic nitrogens is 2. The van der Waals surface area contributed by atoms with Gasteiger partial charge in [0.15, 0.2) is 0 Å². The van der Waals surface area contributed by atoms with E-state index in [1.807, 2.05) is 36.1 Å². The molecule has 102 valence electrons. The van der Waals surface area contributed by atoms with Gasteiger partial charge in [-0.05, 0) is 38.1 Å². The summed E-state index contributed by atoms with van der Waals surface area (Å²) in [6.45, 7) is 2.00. The molecule has 0 bridgehead atoms. The number of para-hydroxylation sites is 1. The third-order valence-corrected chi connectivity index (χ3v) is 3.25. The Kier molecular flexibility index (Phi) is 4.58. The maximum atomic E-state index is 5.94. The second-order valence-corrected chi connectivity index (χ2v) is 5.06. The number of anilines is 1. The van der Waals surface area contributed by atoms with E-state index in [-0.39, 0.29) is 0 Å². The first kappa shape index (κ1) is 13.6. The van der Waals surface area contributed by atoms with Crippen LogP contribution in [0.2, 0.25) is 0 Å². The van der Waals surface area contributed by atoms with Crippen LogP contribution < -0.4 is 5.73 Å². The number of hydrogen-bond acceptors (Lipinski definition) is 3. The molecule has 0 aliphatic rings. The minimum atomic E-state index is 0.900. The third-order valence-electron chi connectivity index (χ3n) is 3.25. The van der Waals surface area contributed by atoms with Crippen LogP contribution in [-0.4, -0.2) is 28.3 Å². The van der Waals surface area contributed by atoms with Gasteiger partial charge in [0.25, 0.3) is 0 Å². The molecule has 0 aliphatic heterocycles. The Morgan fingerprint density at radius 1 is 1.32 bits per heavy atom. The van der Waals surface area contributed by atoms with Crippen LogP contribution in [0.4, 0.5) is 5.69 Å². The minimum absolute atomic E-state index is 0.900. The van der Waals surface area contributed by atoms with Crippen LogP contribution in [0, 0.1) is 0 Å². The van der Waals surface area contributed by atoms with Crippen molar-refractivity contribution in [3.63, 3.8) is 0 Å². The lowest BCUT2D eigenvalue weighted by atomic mass is 10.1. The molecule has 0 saturated heterocycles. The van der Waals surface area contributed by atoms with Crippen molar-refractivity contribution in [1.29, 1.82) is 0 Å². The predicted molar refractivity (Wildman–Crippen MR) is 78.7 cm³/mol. The zero-order chi connectivity index (χ0) is 13.7. The normalized spacial score (nSPS) is 11.1. The van der Waals surface area contributed by atoms with Crippen molar-refractivity contribution in [2.45, 2.75) is 19.4 Å². The van der Waals surface area contributed by atoms with Gasteiger partial charge in [-0.1, -0.05) is 18.2 Å². The molecule has 2 rings (SSSR count). The summed E-state index contributed by atoms with van der Waals surface area (Å²) in [4.78, 5) is 2.32. The maximum absolute atomic E-state index is 5.94. The van der Waals surface area contributed by atoms with Crippen LogP contribution in [0.15, 0.2) is 36.7 Å². The zero-order valence-corrected chi connectivity index (χ0v) is 11.7. The molecule has 0 aliphatic carbocycles. The summed E-state index contributed by atoms with van der Waals surface area (Å²) < 4.78 is 1.84. The highest BCUT2D eigenvalue weighted by atomic mass is 15.2. The van der Waals surface area contributed by atoms with Gasteiger partial charge in [0.05, 0.1) is 6.20 Å². The average Bonchev–Trinajstić information content (AvgIpc) is 2.77. The Hall–Kier alpha value is -1.81. The van der Waals surface area contributed by atoms with Crippen LogP contribution in [0.3, 0.4) is 0 Å². The topological polar surface area (TPSA) is 47.1 Å². The van der Waals surface area contributed by atoms with Gasteiger partial charge in [-0.2, -0.15) is 5.10 Å². The summed E-state index contributed by atoms with van der Waals surface area (Å²) in [5, 5.41) is 4.18. The minimum Gasteiger partial charge on any atom is -0.399 e. The van der Waals surface area contributed by atoms with Crippen LogP contribution in [0.1, 0.15) is 17.5 Å². The molecule has 19 heavy (non-hydrogen) atoms. The van der Waals surface area contributed by atoms with E-state index in [1.165, 1.54) is 11.1 Å². The monoisotopic (exact) mass is 258 g/mol. The fraction of sp³-hybridized carbons (Fsp3) is 0.400. The SMILES string of the molecule is CN(CCCc1ccccc1N)Cc1cnn(C)c1. The number of benzene rings is 1. The molecule has 0 atom stereocenters. The summed E-state index contributed by atoms with van der Waals surface area (Å²) >= 11 is 0. The van der Waals surface area contributed by atoms with Crippen molar-refractivity contribution < 1.29 is 0 Å². The largest absolute Gasteiger partial charge is 0.399 e. The Balaban J connectivity index is 1.75. The van der Waals surface area contributed by atoms with E-state index >= 15 is 0 Å². The molecular formula is C15H22N4. The van der Waals surface area contributed by atoms with Gasteiger partial charge < -0.3 is 10.6 Å². The first-order valence-electron chi connectivity index (χ1n) is 6.64. The number of aryl methyl sites for hydroxylation is 2. The molecule has 0 fully saturated rings. The van der Waals surface area contributed by atoms with Gasteiger partial charge >= 0.3 is 0 Å². The Labute approximate surface area is 114 Å². The Morgan fingerprint density at radius 3 is 2.79 bits per heavy atom. The fourth-order valence-corrected chi connectivity index (χ4v) is 2.25. The Morgan fingerprint density at radius 2 is 2.11 bits per heavy atom. The van der Waals surface area contributed by atoms with Crippen molar-refractivity contribution in [3.8, 4) is 0 Å². The van der Waals surface area contributed by atoms with E-state index in [9.17, 15) is 0 Å². The lowest BCUT2D eigenvalue weighted by Crippen LogP contribution is -2.19. The summed E-state index contributed by atoms with van der Waals surface area (Å²) in [6.07, 6.45) is 6.13. The molecule has 1 aromatic heterocycles. The van der Waals surface area contributed by atoms with Crippen LogP contribution >= 0.6 is 0 Å². The van der Waals surface area contributed by atoms with E-state index in [0.717, 1.165) is 31.6 Å². The molecule has 1 aromatic carbocycles. The molecule has 0 unspecified atom stereocenters. The molecule has 4 nitrogen and oxygen atoms in total. The van der Waals surface area contributed by atoms with Gasteiger partial charge in [0.1, 0.15) is 0 Å². The first-order chi connectivity index (χ1) is 9.15. The van der Waals surface area contributed by atoms with Gasteiger partial charge in [0.2, 0.25) is 0 Å². The number of hydrogen-bond donors (Lipinski definition) is 1. The Bertz CT molecular complexity index is 518. The number of rotatable bonds is 6. The number of nitrogens with two attached hydrogens (primary N) is 1. The molecule has 1 heterocycles. The van der Waals surface area contributed by atoms with Crippen LogP contribution in [0.5, 0.6) is 0 Å². The molecule has 0 radical (unpaired) electrons. The van der Waals surface area contributed by atoms with E-state index in [0.29, 0.717) is 0 Å². The van der Waals surface area contributed by atoms with E-state index in [1.54, 1.807) is 0 Å². The highest BCUT2D eigenvalue weighted by Crippen LogP contribution is 2.13. The molecule has 0 spiro atoms. The second kappa shape index (κ2) is 6.38. The molecule has 2 N–H and O–H groups in total. The van der Waals surface area contributed by atoms with Gasteiger partial charge in [-0.15, -0.1) is 0 Å². The summed E-state index contributed by atoms with van der Waals surface area (Å²) in [5.41, 5.74) is 9.34. The molecule has 4 heteroatoms. The lowest BCUT2D eigenvalue weighted by molar-refractivity contribution is 0.322. The van der Waals surface area contributed by atoms with Crippen LogP contribution in [-0.2, 0) is 20.0 Å².